The second-order valence-corrected chi connectivity index (χ2v) is 6.16. The molecule has 0 saturated carbocycles. The van der Waals surface area contributed by atoms with Crippen LogP contribution in [0.5, 0.6) is 5.75 Å². The second-order valence-electron chi connectivity index (χ2n) is 5.72. The van der Waals surface area contributed by atoms with E-state index in [1.807, 2.05) is 0 Å². The number of phenolic OH excluding ortho intramolecular Hbond substituents is 1. The van der Waals surface area contributed by atoms with Gasteiger partial charge in [0.2, 0.25) is 0 Å². The third-order valence-electron chi connectivity index (χ3n) is 4.06. The molecule has 0 saturated heterocycles. The van der Waals surface area contributed by atoms with E-state index in [9.17, 15) is 14.7 Å². The fraction of sp³-hybridized carbons (Fsp3) is 0.100. The minimum Gasteiger partial charge on any atom is -0.508 e. The van der Waals surface area contributed by atoms with Gasteiger partial charge in [0, 0.05) is 10.7 Å². The van der Waals surface area contributed by atoms with E-state index in [-0.39, 0.29) is 22.8 Å². The molecule has 26 heavy (non-hydrogen) atoms. The van der Waals surface area contributed by atoms with Gasteiger partial charge < -0.3 is 9.84 Å². The highest BCUT2D eigenvalue weighted by Crippen LogP contribution is 2.36. The fourth-order valence-corrected chi connectivity index (χ4v) is 3.03. The zero-order chi connectivity index (χ0) is 18.8. The van der Waals surface area contributed by atoms with Crippen LogP contribution >= 0.6 is 11.6 Å². The summed E-state index contributed by atoms with van der Waals surface area (Å²) in [7, 11) is 1.27. The number of amides is 1. The van der Waals surface area contributed by atoms with Gasteiger partial charge in [-0.3, -0.25) is 9.69 Å². The Labute approximate surface area is 155 Å². The van der Waals surface area contributed by atoms with Crippen molar-refractivity contribution in [3.05, 3.63) is 76.0 Å². The molecular formula is C20H16ClNO4. The number of aromatic hydroxyl groups is 1. The molecule has 132 valence electrons. The summed E-state index contributed by atoms with van der Waals surface area (Å²) in [6.45, 7) is 1.68. The number of methoxy groups -OCH3 is 1. The van der Waals surface area contributed by atoms with Crippen molar-refractivity contribution in [3.8, 4) is 5.75 Å². The molecule has 5 nitrogen and oxygen atoms in total. The predicted molar refractivity (Wildman–Crippen MR) is 99.7 cm³/mol. The number of nitrogens with zero attached hydrogens (tertiary/aromatic N) is 1. The first-order chi connectivity index (χ1) is 12.4. The van der Waals surface area contributed by atoms with Gasteiger partial charge in [-0.15, -0.1) is 0 Å². The minimum atomic E-state index is -0.592. The molecule has 3 rings (SSSR count). The Morgan fingerprint density at radius 2 is 1.88 bits per heavy atom. The number of carbonyl (C=O) groups is 2. The molecule has 1 aliphatic rings. The summed E-state index contributed by atoms with van der Waals surface area (Å²) in [5, 5.41) is 9.90. The van der Waals surface area contributed by atoms with Crippen molar-refractivity contribution in [2.75, 3.05) is 12.0 Å². The molecule has 0 spiro atoms. The van der Waals surface area contributed by atoms with Crippen molar-refractivity contribution >= 4 is 35.2 Å². The van der Waals surface area contributed by atoms with Crippen LogP contribution in [0.3, 0.4) is 0 Å². The van der Waals surface area contributed by atoms with Crippen molar-refractivity contribution in [2.45, 2.75) is 6.92 Å². The zero-order valence-corrected chi connectivity index (χ0v) is 14.9. The number of anilines is 1. The Bertz CT molecular complexity index is 945. The van der Waals surface area contributed by atoms with E-state index in [0.717, 1.165) is 0 Å². The number of ether oxygens (including phenoxy) is 1. The molecule has 1 heterocycles. The van der Waals surface area contributed by atoms with E-state index >= 15 is 0 Å². The highest BCUT2D eigenvalue weighted by molar-refractivity contribution is 6.31. The van der Waals surface area contributed by atoms with Gasteiger partial charge in [0.25, 0.3) is 5.91 Å². The highest BCUT2D eigenvalue weighted by atomic mass is 35.5. The summed E-state index contributed by atoms with van der Waals surface area (Å²) in [5.74, 6) is -0.825. The molecule has 0 atom stereocenters. The minimum absolute atomic E-state index is 0.116. The number of hydrogen-bond acceptors (Lipinski definition) is 4. The van der Waals surface area contributed by atoms with Crippen LogP contribution in [0.25, 0.3) is 6.08 Å². The van der Waals surface area contributed by atoms with E-state index in [1.54, 1.807) is 49.4 Å². The Balaban J connectivity index is 2.13. The average molecular weight is 370 g/mol. The van der Waals surface area contributed by atoms with Crippen LogP contribution in [-0.2, 0) is 14.3 Å². The summed E-state index contributed by atoms with van der Waals surface area (Å²) in [6, 6.07) is 13.2. The van der Waals surface area contributed by atoms with Gasteiger partial charge in [-0.2, -0.15) is 0 Å². The van der Waals surface area contributed by atoms with Crippen molar-refractivity contribution in [2.24, 2.45) is 0 Å². The molecule has 1 N–H and O–H groups in total. The van der Waals surface area contributed by atoms with Crippen LogP contribution < -0.4 is 4.90 Å². The Hall–Kier alpha value is -3.05. The van der Waals surface area contributed by atoms with Crippen LogP contribution in [0.4, 0.5) is 5.69 Å². The van der Waals surface area contributed by atoms with Crippen molar-refractivity contribution in [1.29, 1.82) is 0 Å². The average Bonchev–Trinajstić information content (AvgIpc) is 2.86. The lowest BCUT2D eigenvalue weighted by Crippen LogP contribution is -2.24. The number of allylic oxidation sites excluding steroid dienone is 1. The molecule has 0 radical (unpaired) electrons. The van der Waals surface area contributed by atoms with Crippen molar-refractivity contribution < 1.29 is 19.4 Å². The second kappa shape index (κ2) is 7.06. The largest absolute Gasteiger partial charge is 0.508 e. The molecule has 0 aliphatic carbocycles. The smallest absolute Gasteiger partial charge is 0.340 e. The molecule has 0 unspecified atom stereocenters. The maximum Gasteiger partial charge on any atom is 0.340 e. The highest BCUT2D eigenvalue weighted by Gasteiger charge is 2.37. The summed E-state index contributed by atoms with van der Waals surface area (Å²) < 4.78 is 4.87. The molecule has 0 aromatic heterocycles. The normalized spacial score (nSPS) is 15.7. The van der Waals surface area contributed by atoms with E-state index < -0.39 is 5.97 Å². The number of phenols is 1. The number of esters is 1. The third-order valence-corrected chi connectivity index (χ3v) is 4.30. The number of hydrogen-bond donors (Lipinski definition) is 1. The summed E-state index contributed by atoms with van der Waals surface area (Å²) in [5.41, 5.74) is 2.13. The first-order valence-corrected chi connectivity index (χ1v) is 8.20. The topological polar surface area (TPSA) is 66.8 Å². The number of halogens is 1. The molecule has 1 aliphatic heterocycles. The Kier molecular flexibility index (Phi) is 4.82. The van der Waals surface area contributed by atoms with Gasteiger partial charge in [-0.05, 0) is 48.9 Å². The van der Waals surface area contributed by atoms with E-state index in [0.29, 0.717) is 22.0 Å². The molecular weight excluding hydrogens is 354 g/mol. The maximum atomic E-state index is 13.0. The lowest BCUT2D eigenvalue weighted by atomic mass is 10.0. The van der Waals surface area contributed by atoms with Crippen LogP contribution in [0.15, 0.2) is 65.4 Å². The molecule has 6 heteroatoms. The Morgan fingerprint density at radius 1 is 1.19 bits per heavy atom. The Morgan fingerprint density at radius 3 is 2.50 bits per heavy atom. The molecule has 0 fully saturated rings. The quantitative estimate of drug-likeness (QED) is 0.657. The molecule has 2 aromatic rings. The van der Waals surface area contributed by atoms with Gasteiger partial charge in [0.1, 0.15) is 5.75 Å². The third kappa shape index (κ3) is 3.21. The number of rotatable bonds is 3. The van der Waals surface area contributed by atoms with Crippen LogP contribution in [0.2, 0.25) is 5.02 Å². The van der Waals surface area contributed by atoms with Crippen molar-refractivity contribution in [3.63, 3.8) is 0 Å². The van der Waals surface area contributed by atoms with Crippen molar-refractivity contribution in [1.82, 2.24) is 0 Å². The number of benzene rings is 2. The van der Waals surface area contributed by atoms with E-state index in [1.165, 1.54) is 24.1 Å². The fourth-order valence-electron chi connectivity index (χ4n) is 2.84. The van der Waals surface area contributed by atoms with Crippen LogP contribution in [-0.4, -0.2) is 24.1 Å². The molecule has 0 bridgehead atoms. The van der Waals surface area contributed by atoms with Gasteiger partial charge in [0.15, 0.2) is 0 Å². The molecule has 2 aromatic carbocycles. The van der Waals surface area contributed by atoms with Gasteiger partial charge in [0.05, 0.1) is 23.9 Å². The summed E-state index contributed by atoms with van der Waals surface area (Å²) in [4.78, 5) is 26.8. The van der Waals surface area contributed by atoms with Crippen LogP contribution in [0.1, 0.15) is 12.5 Å². The first kappa shape index (κ1) is 17.8. The van der Waals surface area contributed by atoms with E-state index in [4.69, 9.17) is 16.3 Å². The summed E-state index contributed by atoms with van der Waals surface area (Å²) in [6.07, 6.45) is 1.60. The van der Waals surface area contributed by atoms with E-state index in [2.05, 4.69) is 0 Å². The predicted octanol–water partition coefficient (Wildman–Crippen LogP) is 3.92. The SMILES string of the molecule is COC(=O)C1=C(C)N(c2cccc(Cl)c2)C(=O)/C1=C\c1ccc(O)cc1. The maximum absolute atomic E-state index is 13.0. The van der Waals surface area contributed by atoms with Crippen LogP contribution in [0, 0.1) is 0 Å². The van der Waals surface area contributed by atoms with Gasteiger partial charge in [-0.1, -0.05) is 29.8 Å². The lowest BCUT2D eigenvalue weighted by Gasteiger charge is -2.18. The zero-order valence-electron chi connectivity index (χ0n) is 14.2. The first-order valence-electron chi connectivity index (χ1n) is 7.82. The lowest BCUT2D eigenvalue weighted by molar-refractivity contribution is -0.136. The summed E-state index contributed by atoms with van der Waals surface area (Å²) >= 11 is 6.04. The van der Waals surface area contributed by atoms with Gasteiger partial charge in [-0.25, -0.2) is 4.79 Å². The van der Waals surface area contributed by atoms with Gasteiger partial charge >= 0.3 is 5.97 Å². The molecule has 1 amide bonds. The number of carbonyl (C=O) groups excluding carboxylic acids is 2. The monoisotopic (exact) mass is 369 g/mol. The standard InChI is InChI=1S/C20H16ClNO4/c1-12-18(20(25)26-2)17(10-13-6-8-16(23)9-7-13)19(24)22(12)15-5-3-4-14(21)11-15/h3-11,23H,1-2H3/b17-10-.